The highest BCUT2D eigenvalue weighted by atomic mass is 32.2. The Kier molecular flexibility index (Phi) is 6.28. The molecule has 98 valence electrons. The molecule has 1 aromatic carbocycles. The SMILES string of the molecule is CCOC(=O)CC(=O)COc1ccc(SC)cc1. The van der Waals surface area contributed by atoms with Gasteiger partial charge in [0.15, 0.2) is 5.78 Å². The average molecular weight is 268 g/mol. The summed E-state index contributed by atoms with van der Waals surface area (Å²) in [5.41, 5.74) is 0. The number of ether oxygens (including phenoxy) is 2. The minimum absolute atomic E-state index is 0.114. The van der Waals surface area contributed by atoms with Crippen molar-refractivity contribution in [3.8, 4) is 5.75 Å². The lowest BCUT2D eigenvalue weighted by Crippen LogP contribution is -2.17. The summed E-state index contributed by atoms with van der Waals surface area (Å²) in [6, 6.07) is 7.42. The first kappa shape index (κ1) is 14.6. The lowest BCUT2D eigenvalue weighted by Gasteiger charge is -2.06. The second-order valence-corrected chi connectivity index (χ2v) is 4.36. The van der Waals surface area contributed by atoms with Gasteiger partial charge in [-0.15, -0.1) is 11.8 Å². The van der Waals surface area contributed by atoms with Crippen molar-refractivity contribution in [1.29, 1.82) is 0 Å². The standard InChI is InChI=1S/C13H16O4S/c1-3-16-13(15)8-10(14)9-17-11-4-6-12(18-2)7-5-11/h4-7H,3,8-9H2,1-2H3. The topological polar surface area (TPSA) is 52.6 Å². The van der Waals surface area contributed by atoms with E-state index in [9.17, 15) is 9.59 Å². The maximum atomic E-state index is 11.4. The smallest absolute Gasteiger partial charge is 0.313 e. The fourth-order valence-electron chi connectivity index (χ4n) is 1.26. The largest absolute Gasteiger partial charge is 0.486 e. The van der Waals surface area contributed by atoms with E-state index in [-0.39, 0.29) is 25.4 Å². The van der Waals surface area contributed by atoms with Crippen molar-refractivity contribution < 1.29 is 19.1 Å². The summed E-state index contributed by atoms with van der Waals surface area (Å²) >= 11 is 1.63. The molecule has 0 bridgehead atoms. The molecule has 0 unspecified atom stereocenters. The zero-order chi connectivity index (χ0) is 13.4. The Hall–Kier alpha value is -1.49. The number of carbonyl (C=O) groups excluding carboxylic acids is 2. The molecule has 0 aliphatic carbocycles. The molecule has 0 saturated heterocycles. The predicted molar refractivity (Wildman–Crippen MR) is 70.0 cm³/mol. The number of thioether (sulfide) groups is 1. The van der Waals surface area contributed by atoms with E-state index in [1.54, 1.807) is 30.8 Å². The molecular weight excluding hydrogens is 252 g/mol. The molecule has 0 heterocycles. The zero-order valence-electron chi connectivity index (χ0n) is 10.5. The van der Waals surface area contributed by atoms with Gasteiger partial charge in [0.1, 0.15) is 18.8 Å². The molecule has 4 nitrogen and oxygen atoms in total. The highest BCUT2D eigenvalue weighted by molar-refractivity contribution is 7.98. The summed E-state index contributed by atoms with van der Waals surface area (Å²) in [5.74, 6) is -0.184. The number of esters is 1. The molecule has 0 amide bonds. The number of carbonyl (C=O) groups is 2. The minimum Gasteiger partial charge on any atom is -0.486 e. The van der Waals surface area contributed by atoms with Crippen LogP contribution in [0, 0.1) is 0 Å². The Morgan fingerprint density at radius 2 is 1.89 bits per heavy atom. The quantitative estimate of drug-likeness (QED) is 0.431. The second kappa shape index (κ2) is 7.76. The van der Waals surface area contributed by atoms with Crippen molar-refractivity contribution in [1.82, 2.24) is 0 Å². The molecule has 0 aliphatic heterocycles. The number of hydrogen-bond acceptors (Lipinski definition) is 5. The minimum atomic E-state index is -0.510. The van der Waals surface area contributed by atoms with Crippen LogP contribution in [0.2, 0.25) is 0 Å². The van der Waals surface area contributed by atoms with E-state index in [1.807, 2.05) is 18.4 Å². The van der Waals surface area contributed by atoms with Gasteiger partial charge in [-0.05, 0) is 37.4 Å². The van der Waals surface area contributed by atoms with Crippen LogP contribution in [0.5, 0.6) is 5.75 Å². The number of rotatable bonds is 7. The number of ketones is 1. The van der Waals surface area contributed by atoms with E-state index >= 15 is 0 Å². The van der Waals surface area contributed by atoms with E-state index in [0.29, 0.717) is 5.75 Å². The fraction of sp³-hybridized carbons (Fsp3) is 0.385. The Labute approximate surface area is 111 Å². The van der Waals surface area contributed by atoms with Crippen LogP contribution in [0.1, 0.15) is 13.3 Å². The van der Waals surface area contributed by atoms with E-state index < -0.39 is 5.97 Å². The van der Waals surface area contributed by atoms with Crippen LogP contribution in [0.4, 0.5) is 0 Å². The summed E-state index contributed by atoms with van der Waals surface area (Å²) in [4.78, 5) is 23.6. The van der Waals surface area contributed by atoms with Crippen LogP contribution in [0.25, 0.3) is 0 Å². The predicted octanol–water partition coefficient (Wildman–Crippen LogP) is 2.31. The van der Waals surface area contributed by atoms with Gasteiger partial charge in [0.2, 0.25) is 0 Å². The highest BCUT2D eigenvalue weighted by Gasteiger charge is 2.10. The van der Waals surface area contributed by atoms with E-state index in [2.05, 4.69) is 4.74 Å². The van der Waals surface area contributed by atoms with Gasteiger partial charge >= 0.3 is 5.97 Å². The Balaban J connectivity index is 2.35. The third-order valence-corrected chi connectivity index (χ3v) is 2.85. The van der Waals surface area contributed by atoms with Crippen LogP contribution in [-0.2, 0) is 14.3 Å². The number of Topliss-reactive ketones (excluding diaryl/α,β-unsaturated/α-hetero) is 1. The van der Waals surface area contributed by atoms with Gasteiger partial charge in [-0.1, -0.05) is 0 Å². The Bertz CT molecular complexity index is 400. The van der Waals surface area contributed by atoms with Gasteiger partial charge < -0.3 is 9.47 Å². The summed E-state index contributed by atoms with van der Waals surface area (Å²) in [6.07, 6.45) is 1.75. The molecule has 1 rings (SSSR count). The van der Waals surface area contributed by atoms with Gasteiger partial charge in [0.25, 0.3) is 0 Å². The first-order valence-corrected chi connectivity index (χ1v) is 6.82. The zero-order valence-corrected chi connectivity index (χ0v) is 11.3. The molecule has 0 aliphatic rings. The summed E-state index contributed by atoms with van der Waals surface area (Å²) in [5, 5.41) is 0. The van der Waals surface area contributed by atoms with E-state index in [1.165, 1.54) is 0 Å². The molecule has 5 heteroatoms. The summed E-state index contributed by atoms with van der Waals surface area (Å²) < 4.78 is 9.96. The van der Waals surface area contributed by atoms with Crippen molar-refractivity contribution in [3.05, 3.63) is 24.3 Å². The molecule has 0 aromatic heterocycles. The molecule has 0 radical (unpaired) electrons. The number of benzene rings is 1. The molecule has 0 N–H and O–H groups in total. The van der Waals surface area contributed by atoms with Crippen molar-refractivity contribution in [2.24, 2.45) is 0 Å². The van der Waals surface area contributed by atoms with Crippen LogP contribution < -0.4 is 4.74 Å². The van der Waals surface area contributed by atoms with Crippen LogP contribution in [-0.4, -0.2) is 31.2 Å². The monoisotopic (exact) mass is 268 g/mol. The third kappa shape index (κ3) is 5.23. The lowest BCUT2D eigenvalue weighted by atomic mass is 10.3. The van der Waals surface area contributed by atoms with Crippen molar-refractivity contribution in [3.63, 3.8) is 0 Å². The first-order chi connectivity index (χ1) is 8.65. The molecule has 18 heavy (non-hydrogen) atoms. The van der Waals surface area contributed by atoms with Gasteiger partial charge in [-0.2, -0.15) is 0 Å². The van der Waals surface area contributed by atoms with Crippen LogP contribution >= 0.6 is 11.8 Å². The maximum Gasteiger partial charge on any atom is 0.313 e. The average Bonchev–Trinajstić information content (AvgIpc) is 2.37. The maximum absolute atomic E-state index is 11.4. The first-order valence-electron chi connectivity index (χ1n) is 5.60. The molecule has 0 saturated carbocycles. The van der Waals surface area contributed by atoms with Crippen LogP contribution in [0.15, 0.2) is 29.2 Å². The molecular formula is C13H16O4S. The molecule has 0 fully saturated rings. The van der Waals surface area contributed by atoms with Gasteiger partial charge in [0, 0.05) is 4.90 Å². The van der Waals surface area contributed by atoms with Gasteiger partial charge in [0.05, 0.1) is 6.61 Å². The van der Waals surface area contributed by atoms with E-state index in [4.69, 9.17) is 4.74 Å². The normalized spacial score (nSPS) is 9.89. The summed E-state index contributed by atoms with van der Waals surface area (Å²) in [7, 11) is 0. The third-order valence-electron chi connectivity index (χ3n) is 2.11. The van der Waals surface area contributed by atoms with Crippen molar-refractivity contribution in [2.75, 3.05) is 19.5 Å². The molecule has 0 spiro atoms. The Morgan fingerprint density at radius 3 is 2.44 bits per heavy atom. The molecule has 1 aromatic rings. The van der Waals surface area contributed by atoms with E-state index in [0.717, 1.165) is 4.90 Å². The molecule has 0 atom stereocenters. The summed E-state index contributed by atoms with van der Waals surface area (Å²) in [6.45, 7) is 1.87. The van der Waals surface area contributed by atoms with Crippen molar-refractivity contribution in [2.45, 2.75) is 18.2 Å². The Morgan fingerprint density at radius 1 is 1.22 bits per heavy atom. The lowest BCUT2D eigenvalue weighted by molar-refractivity contribution is -0.145. The van der Waals surface area contributed by atoms with Crippen LogP contribution in [0.3, 0.4) is 0 Å². The van der Waals surface area contributed by atoms with Gasteiger partial charge in [-0.3, -0.25) is 9.59 Å². The van der Waals surface area contributed by atoms with Crippen molar-refractivity contribution >= 4 is 23.5 Å². The fourth-order valence-corrected chi connectivity index (χ4v) is 1.67. The number of hydrogen-bond donors (Lipinski definition) is 0. The highest BCUT2D eigenvalue weighted by Crippen LogP contribution is 2.18. The second-order valence-electron chi connectivity index (χ2n) is 3.48. The van der Waals surface area contributed by atoms with Gasteiger partial charge in [-0.25, -0.2) is 0 Å².